The summed E-state index contributed by atoms with van der Waals surface area (Å²) in [5, 5.41) is 0. The molecule has 62 valence electrons. The summed E-state index contributed by atoms with van der Waals surface area (Å²) >= 11 is 0. The molecule has 0 saturated heterocycles. The van der Waals surface area contributed by atoms with Crippen molar-refractivity contribution in [3.8, 4) is 0 Å². The average Bonchev–Trinajstić information content (AvgIpc) is 1.83. The zero-order valence-electron chi connectivity index (χ0n) is 6.15. The van der Waals surface area contributed by atoms with Gasteiger partial charge in [-0.05, 0) is 13.1 Å². The SMILES string of the molecule is C[Si](C)(O)[SiH](O)[SiH](O)[SiH2]O. The lowest BCUT2D eigenvalue weighted by atomic mass is 11.9. The third kappa shape index (κ3) is 3.20. The molecule has 0 spiro atoms. The van der Waals surface area contributed by atoms with Crippen LogP contribution in [0.5, 0.6) is 0 Å². The molecule has 0 radical (unpaired) electrons. The van der Waals surface area contributed by atoms with Crippen molar-refractivity contribution in [3.05, 3.63) is 0 Å². The molecule has 0 aromatic heterocycles. The molecule has 0 aliphatic carbocycles. The molecule has 0 aromatic carbocycles. The standard InChI is InChI=1S/C2H14O4Si4/c1-10(2,6)9(5)8(4)7-3/h3-6,8-9H,7H2,1-2H3. The van der Waals surface area contributed by atoms with E-state index < -0.39 is 33.3 Å². The fourth-order valence-corrected chi connectivity index (χ4v) is 33.8. The van der Waals surface area contributed by atoms with Crippen molar-refractivity contribution in [2.45, 2.75) is 13.1 Å². The van der Waals surface area contributed by atoms with Crippen LogP contribution in [-0.4, -0.2) is 52.4 Å². The van der Waals surface area contributed by atoms with Gasteiger partial charge in [0.2, 0.25) is 8.08 Å². The highest BCUT2D eigenvalue weighted by Gasteiger charge is 2.37. The minimum atomic E-state index is -2.46. The largest absolute Gasteiger partial charge is 0.439 e. The molecule has 0 heterocycles. The zero-order chi connectivity index (χ0) is 8.36. The minimum absolute atomic E-state index is 1.41. The summed E-state index contributed by atoms with van der Waals surface area (Å²) in [4.78, 5) is 36.3. The quantitative estimate of drug-likeness (QED) is 0.365. The normalized spacial score (nSPS) is 19.8. The maximum absolute atomic E-state index is 9.32. The smallest absolute Gasteiger partial charge is 0.206 e. The predicted octanol–water partition coefficient (Wildman–Crippen LogP) is -3.65. The maximum atomic E-state index is 9.32. The summed E-state index contributed by atoms with van der Waals surface area (Å²) in [6, 6.07) is 0. The molecule has 8 heteroatoms. The summed E-state index contributed by atoms with van der Waals surface area (Å²) in [6.07, 6.45) is 0. The first-order chi connectivity index (χ1) is 4.39. The molecule has 0 saturated carbocycles. The Kier molecular flexibility index (Phi) is 4.19. The van der Waals surface area contributed by atoms with Gasteiger partial charge >= 0.3 is 0 Å². The van der Waals surface area contributed by atoms with Gasteiger partial charge in [0.1, 0.15) is 0 Å². The van der Waals surface area contributed by atoms with Crippen LogP contribution < -0.4 is 0 Å². The average molecular weight is 214 g/mol. The highest BCUT2D eigenvalue weighted by atomic mass is 29.8. The van der Waals surface area contributed by atoms with Crippen molar-refractivity contribution < 1.29 is 19.2 Å². The van der Waals surface area contributed by atoms with Crippen LogP contribution in [0.15, 0.2) is 0 Å². The van der Waals surface area contributed by atoms with E-state index in [-0.39, 0.29) is 0 Å². The number of hydrogen-bond acceptors (Lipinski definition) is 4. The Morgan fingerprint density at radius 3 is 1.80 bits per heavy atom. The van der Waals surface area contributed by atoms with Gasteiger partial charge in [0.25, 0.3) is 0 Å². The Hall–Kier alpha value is 0.708. The molecule has 4 nitrogen and oxygen atoms in total. The van der Waals surface area contributed by atoms with Crippen LogP contribution >= 0.6 is 0 Å². The van der Waals surface area contributed by atoms with E-state index in [0.29, 0.717) is 0 Å². The molecule has 0 aliphatic heterocycles. The van der Waals surface area contributed by atoms with Gasteiger partial charge in [-0.2, -0.15) is 0 Å². The zero-order valence-corrected chi connectivity index (χ0v) is 10.9. The minimum Gasteiger partial charge on any atom is -0.439 e. The van der Waals surface area contributed by atoms with Gasteiger partial charge in [-0.1, -0.05) is 0 Å². The van der Waals surface area contributed by atoms with Crippen molar-refractivity contribution in [2.75, 3.05) is 0 Å². The van der Waals surface area contributed by atoms with E-state index in [4.69, 9.17) is 9.59 Å². The molecular formula is C2H14O4Si4. The Labute approximate surface area is 66.1 Å². The van der Waals surface area contributed by atoms with Crippen molar-refractivity contribution >= 4 is 33.3 Å². The van der Waals surface area contributed by atoms with Gasteiger partial charge < -0.3 is 19.2 Å². The lowest BCUT2D eigenvalue weighted by molar-refractivity contribution is 0.528. The van der Waals surface area contributed by atoms with Crippen LogP contribution in [0.25, 0.3) is 0 Å². The summed E-state index contributed by atoms with van der Waals surface area (Å²) in [5.74, 6) is 0. The molecule has 0 aliphatic rings. The Morgan fingerprint density at radius 1 is 1.30 bits per heavy atom. The molecule has 0 rings (SSSR count). The van der Waals surface area contributed by atoms with E-state index in [0.717, 1.165) is 0 Å². The van der Waals surface area contributed by atoms with Gasteiger partial charge in [0.15, 0.2) is 25.2 Å². The first-order valence-corrected chi connectivity index (χ1v) is 15.4. The maximum Gasteiger partial charge on any atom is 0.206 e. The fraction of sp³-hybridized carbons (Fsp3) is 1.00. The van der Waals surface area contributed by atoms with Crippen molar-refractivity contribution in [3.63, 3.8) is 0 Å². The first kappa shape index (κ1) is 10.7. The van der Waals surface area contributed by atoms with E-state index in [1.165, 1.54) is 0 Å². The lowest BCUT2D eigenvalue weighted by Crippen LogP contribution is -2.59. The highest BCUT2D eigenvalue weighted by molar-refractivity contribution is 7.59. The molecule has 4 N–H and O–H groups in total. The number of hydrogen-bond donors (Lipinski definition) is 4. The van der Waals surface area contributed by atoms with Gasteiger partial charge in [0, 0.05) is 0 Å². The van der Waals surface area contributed by atoms with Gasteiger partial charge in [0.05, 0.1) is 0 Å². The first-order valence-electron chi connectivity index (χ1n) is 3.09. The summed E-state index contributed by atoms with van der Waals surface area (Å²) < 4.78 is 0. The van der Waals surface area contributed by atoms with Crippen LogP contribution in [0, 0.1) is 0 Å². The molecule has 10 heavy (non-hydrogen) atoms. The third-order valence-electron chi connectivity index (χ3n) is 1.28. The van der Waals surface area contributed by atoms with Gasteiger partial charge in [-0.3, -0.25) is 0 Å². The van der Waals surface area contributed by atoms with Crippen molar-refractivity contribution in [1.29, 1.82) is 0 Å². The molecule has 0 bridgehead atoms. The third-order valence-corrected chi connectivity index (χ3v) is 32.4. The molecule has 0 fully saturated rings. The van der Waals surface area contributed by atoms with Crippen LogP contribution in [-0.2, 0) is 0 Å². The van der Waals surface area contributed by atoms with E-state index in [2.05, 4.69) is 0 Å². The van der Waals surface area contributed by atoms with E-state index in [9.17, 15) is 9.59 Å². The summed E-state index contributed by atoms with van der Waals surface area (Å²) in [6.45, 7) is 3.23. The van der Waals surface area contributed by atoms with Crippen LogP contribution in [0.2, 0.25) is 13.1 Å². The second-order valence-electron chi connectivity index (χ2n) is 2.85. The van der Waals surface area contributed by atoms with E-state index in [1.54, 1.807) is 13.1 Å². The Balaban J connectivity index is 3.94. The number of rotatable bonds is 3. The van der Waals surface area contributed by atoms with Gasteiger partial charge in [-0.15, -0.1) is 0 Å². The van der Waals surface area contributed by atoms with Crippen LogP contribution in [0.3, 0.4) is 0 Å². The predicted molar refractivity (Wildman–Crippen MR) is 49.2 cm³/mol. The molecule has 0 amide bonds. The molecule has 2 unspecified atom stereocenters. The summed E-state index contributed by atoms with van der Waals surface area (Å²) in [5.41, 5.74) is 0. The van der Waals surface area contributed by atoms with Crippen molar-refractivity contribution in [1.82, 2.24) is 0 Å². The van der Waals surface area contributed by atoms with E-state index >= 15 is 0 Å². The fourth-order valence-electron chi connectivity index (χ4n) is 0.571. The Bertz CT molecular complexity index is 102. The van der Waals surface area contributed by atoms with Gasteiger partial charge in [-0.25, -0.2) is 0 Å². The summed E-state index contributed by atoms with van der Waals surface area (Å²) in [7, 11) is -8.36. The molecular weight excluding hydrogens is 200 g/mol. The highest BCUT2D eigenvalue weighted by Crippen LogP contribution is 2.00. The van der Waals surface area contributed by atoms with Crippen LogP contribution in [0.1, 0.15) is 0 Å². The van der Waals surface area contributed by atoms with Crippen LogP contribution in [0.4, 0.5) is 0 Å². The molecule has 2 atom stereocenters. The lowest BCUT2D eigenvalue weighted by Gasteiger charge is -2.21. The van der Waals surface area contributed by atoms with Crippen molar-refractivity contribution in [2.24, 2.45) is 0 Å². The monoisotopic (exact) mass is 214 g/mol. The molecule has 0 aromatic rings. The topological polar surface area (TPSA) is 80.9 Å². The van der Waals surface area contributed by atoms with E-state index in [1.807, 2.05) is 0 Å². The Morgan fingerprint density at radius 2 is 1.70 bits per heavy atom. The second-order valence-corrected chi connectivity index (χ2v) is 27.2. The second kappa shape index (κ2) is 3.92.